The quantitative estimate of drug-likeness (QED) is 0.879. The van der Waals surface area contributed by atoms with E-state index in [1.807, 2.05) is 11.8 Å². The van der Waals surface area contributed by atoms with Gasteiger partial charge in [-0.1, -0.05) is 6.92 Å². The van der Waals surface area contributed by atoms with E-state index in [4.69, 9.17) is 5.11 Å². The average Bonchev–Trinajstić information content (AvgIpc) is 3.02. The van der Waals surface area contributed by atoms with E-state index in [0.29, 0.717) is 0 Å². The standard InChI is InChI=1S/C14H19N3O3/c1-14(4-5-14)13(20)17-6-2-9(3-7-17)10-8-11(12(18)19)16-15-10/h8-9H,2-7H2,1H3,(H,15,16)(H,18,19). The molecule has 3 rings (SSSR count). The Kier molecular flexibility index (Phi) is 3.03. The van der Waals surface area contributed by atoms with Crippen LogP contribution in [-0.4, -0.2) is 45.2 Å². The molecule has 1 aliphatic heterocycles. The summed E-state index contributed by atoms with van der Waals surface area (Å²) in [6.07, 6.45) is 3.74. The Morgan fingerprint density at radius 3 is 2.55 bits per heavy atom. The van der Waals surface area contributed by atoms with Crippen LogP contribution >= 0.6 is 0 Å². The smallest absolute Gasteiger partial charge is 0.356 e. The lowest BCUT2D eigenvalue weighted by Crippen LogP contribution is -2.41. The number of carbonyl (C=O) groups excluding carboxylic acids is 1. The van der Waals surface area contributed by atoms with Gasteiger partial charge in [0.15, 0.2) is 5.69 Å². The number of carbonyl (C=O) groups is 2. The molecule has 2 aliphatic rings. The van der Waals surface area contributed by atoms with E-state index >= 15 is 0 Å². The van der Waals surface area contributed by atoms with Crippen molar-refractivity contribution < 1.29 is 14.7 Å². The first kappa shape index (κ1) is 13.1. The predicted molar refractivity (Wildman–Crippen MR) is 71.4 cm³/mol. The van der Waals surface area contributed by atoms with Gasteiger partial charge in [0, 0.05) is 30.1 Å². The number of piperidine rings is 1. The number of hydrogen-bond acceptors (Lipinski definition) is 3. The summed E-state index contributed by atoms with van der Waals surface area (Å²) in [5.74, 6) is -0.458. The maximum Gasteiger partial charge on any atom is 0.356 e. The molecular formula is C14H19N3O3. The molecule has 1 aromatic heterocycles. The van der Waals surface area contributed by atoms with E-state index in [-0.39, 0.29) is 22.9 Å². The van der Waals surface area contributed by atoms with Crippen LogP contribution in [0.1, 0.15) is 54.7 Å². The minimum atomic E-state index is -1.01. The Morgan fingerprint density at radius 1 is 1.40 bits per heavy atom. The highest BCUT2D eigenvalue weighted by Crippen LogP contribution is 2.47. The highest BCUT2D eigenvalue weighted by molar-refractivity contribution is 5.85. The lowest BCUT2D eigenvalue weighted by molar-refractivity contribution is -0.137. The number of carboxylic acids is 1. The minimum Gasteiger partial charge on any atom is -0.476 e. The molecule has 0 atom stereocenters. The van der Waals surface area contributed by atoms with Crippen LogP contribution in [0, 0.1) is 5.41 Å². The molecule has 6 heteroatoms. The SMILES string of the molecule is CC1(C(=O)N2CCC(c3cc(C(=O)O)n[nH]3)CC2)CC1. The van der Waals surface area contributed by atoms with Gasteiger partial charge in [-0.05, 0) is 31.7 Å². The topological polar surface area (TPSA) is 86.3 Å². The van der Waals surface area contributed by atoms with Crippen LogP contribution in [0.4, 0.5) is 0 Å². The van der Waals surface area contributed by atoms with Gasteiger partial charge in [0.05, 0.1) is 0 Å². The van der Waals surface area contributed by atoms with Crippen molar-refractivity contribution in [3.63, 3.8) is 0 Å². The average molecular weight is 277 g/mol. The molecule has 108 valence electrons. The Hall–Kier alpha value is -1.85. The van der Waals surface area contributed by atoms with E-state index in [0.717, 1.165) is 44.5 Å². The van der Waals surface area contributed by atoms with E-state index in [1.54, 1.807) is 6.07 Å². The number of aromatic amines is 1. The van der Waals surface area contributed by atoms with Crippen molar-refractivity contribution >= 4 is 11.9 Å². The first-order valence-electron chi connectivity index (χ1n) is 7.07. The molecular weight excluding hydrogens is 258 g/mol. The van der Waals surface area contributed by atoms with Crippen LogP contribution in [0.2, 0.25) is 0 Å². The number of aromatic nitrogens is 2. The van der Waals surface area contributed by atoms with Crippen molar-refractivity contribution in [3.8, 4) is 0 Å². The molecule has 1 aromatic rings. The first-order chi connectivity index (χ1) is 9.49. The molecule has 0 unspecified atom stereocenters. The monoisotopic (exact) mass is 277 g/mol. The molecule has 0 radical (unpaired) electrons. The van der Waals surface area contributed by atoms with Gasteiger partial charge in [-0.2, -0.15) is 5.10 Å². The number of carboxylic acid groups (broad SMARTS) is 1. The fourth-order valence-corrected chi connectivity index (χ4v) is 2.83. The Bertz CT molecular complexity index is 540. The van der Waals surface area contributed by atoms with Crippen molar-refractivity contribution in [1.29, 1.82) is 0 Å². The first-order valence-corrected chi connectivity index (χ1v) is 7.07. The second kappa shape index (κ2) is 4.61. The van der Waals surface area contributed by atoms with Gasteiger partial charge in [0.2, 0.25) is 5.91 Å². The summed E-state index contributed by atoms with van der Waals surface area (Å²) in [5, 5.41) is 15.5. The molecule has 1 saturated carbocycles. The highest BCUT2D eigenvalue weighted by atomic mass is 16.4. The van der Waals surface area contributed by atoms with Crippen molar-refractivity contribution in [2.75, 3.05) is 13.1 Å². The number of nitrogens with one attached hydrogen (secondary N) is 1. The zero-order valence-electron chi connectivity index (χ0n) is 11.6. The van der Waals surface area contributed by atoms with Gasteiger partial charge in [-0.3, -0.25) is 9.89 Å². The number of aromatic carboxylic acids is 1. The number of amides is 1. The molecule has 2 heterocycles. The third-order valence-corrected chi connectivity index (χ3v) is 4.56. The van der Waals surface area contributed by atoms with Gasteiger partial charge in [0.25, 0.3) is 0 Å². The maximum atomic E-state index is 12.2. The molecule has 1 aliphatic carbocycles. The number of hydrogen-bond donors (Lipinski definition) is 2. The zero-order valence-corrected chi connectivity index (χ0v) is 11.6. The van der Waals surface area contributed by atoms with Crippen LogP contribution in [0.15, 0.2) is 6.07 Å². The van der Waals surface area contributed by atoms with Gasteiger partial charge in [-0.25, -0.2) is 4.79 Å². The van der Waals surface area contributed by atoms with Gasteiger partial charge in [0.1, 0.15) is 0 Å². The van der Waals surface area contributed by atoms with Gasteiger partial charge < -0.3 is 10.0 Å². The summed E-state index contributed by atoms with van der Waals surface area (Å²) in [6, 6.07) is 1.60. The van der Waals surface area contributed by atoms with Crippen LogP contribution in [-0.2, 0) is 4.79 Å². The zero-order chi connectivity index (χ0) is 14.3. The lowest BCUT2D eigenvalue weighted by Gasteiger charge is -2.33. The minimum absolute atomic E-state index is 0.0593. The normalized spacial score (nSPS) is 21.8. The second-order valence-electron chi connectivity index (χ2n) is 6.14. The van der Waals surface area contributed by atoms with Crippen molar-refractivity contribution in [2.24, 2.45) is 5.41 Å². The van der Waals surface area contributed by atoms with Gasteiger partial charge >= 0.3 is 5.97 Å². The van der Waals surface area contributed by atoms with E-state index in [2.05, 4.69) is 10.2 Å². The Morgan fingerprint density at radius 2 is 2.05 bits per heavy atom. The van der Waals surface area contributed by atoms with Crippen LogP contribution in [0.3, 0.4) is 0 Å². The van der Waals surface area contributed by atoms with E-state index < -0.39 is 5.97 Å². The molecule has 0 aromatic carbocycles. The van der Waals surface area contributed by atoms with Crippen LogP contribution in [0.25, 0.3) is 0 Å². The summed E-state index contributed by atoms with van der Waals surface area (Å²) < 4.78 is 0. The van der Waals surface area contributed by atoms with Gasteiger partial charge in [-0.15, -0.1) is 0 Å². The van der Waals surface area contributed by atoms with E-state index in [9.17, 15) is 9.59 Å². The molecule has 2 fully saturated rings. The largest absolute Gasteiger partial charge is 0.476 e. The van der Waals surface area contributed by atoms with Crippen molar-refractivity contribution in [3.05, 3.63) is 17.5 Å². The highest BCUT2D eigenvalue weighted by Gasteiger charge is 2.47. The molecule has 1 amide bonds. The van der Waals surface area contributed by atoms with Crippen LogP contribution < -0.4 is 0 Å². The summed E-state index contributed by atoms with van der Waals surface area (Å²) in [5.41, 5.74) is 0.827. The fourth-order valence-electron chi connectivity index (χ4n) is 2.83. The van der Waals surface area contributed by atoms with Crippen LogP contribution in [0.5, 0.6) is 0 Å². The Balaban J connectivity index is 1.60. The molecule has 20 heavy (non-hydrogen) atoms. The number of rotatable bonds is 3. The summed E-state index contributed by atoms with van der Waals surface area (Å²) in [4.78, 5) is 25.0. The number of nitrogens with zero attached hydrogens (tertiary/aromatic N) is 2. The van der Waals surface area contributed by atoms with E-state index in [1.165, 1.54) is 0 Å². The third-order valence-electron chi connectivity index (χ3n) is 4.56. The number of H-pyrrole nitrogens is 1. The van der Waals surface area contributed by atoms with Crippen molar-refractivity contribution in [1.82, 2.24) is 15.1 Å². The molecule has 1 saturated heterocycles. The summed E-state index contributed by atoms with van der Waals surface area (Å²) in [7, 11) is 0. The maximum absolute atomic E-state index is 12.2. The lowest BCUT2D eigenvalue weighted by atomic mass is 9.92. The number of likely N-dealkylation sites (tertiary alicyclic amines) is 1. The predicted octanol–water partition coefficient (Wildman–Crippen LogP) is 1.61. The summed E-state index contributed by atoms with van der Waals surface area (Å²) in [6.45, 7) is 3.54. The second-order valence-corrected chi connectivity index (χ2v) is 6.14. The third kappa shape index (κ3) is 2.30. The molecule has 6 nitrogen and oxygen atoms in total. The fraction of sp³-hybridized carbons (Fsp3) is 0.643. The molecule has 2 N–H and O–H groups in total. The Labute approximate surface area is 117 Å². The summed E-state index contributed by atoms with van der Waals surface area (Å²) >= 11 is 0. The molecule has 0 spiro atoms. The molecule has 0 bridgehead atoms. The van der Waals surface area contributed by atoms with Crippen molar-refractivity contribution in [2.45, 2.75) is 38.5 Å².